The molecule has 0 N–H and O–H groups in total. The maximum absolute atomic E-state index is 5.21. The van der Waals surface area contributed by atoms with Gasteiger partial charge in [0.05, 0.1) is 0 Å². The Bertz CT molecular complexity index is 1420. The topological polar surface area (TPSA) is 25.8 Å². The van der Waals surface area contributed by atoms with Crippen LogP contribution in [0, 0.1) is 12.1 Å². The molecule has 2 aromatic heterocycles. The number of pyridine rings is 2. The molecule has 8 bridgehead atoms. The van der Waals surface area contributed by atoms with Crippen LogP contribution in [0.25, 0.3) is 22.5 Å². The van der Waals surface area contributed by atoms with E-state index in [1.807, 2.05) is 0 Å². The number of aromatic nitrogens is 2. The molecule has 0 aliphatic carbocycles. The minimum Gasteiger partial charge on any atom is -0.300 e. The quantitative estimate of drug-likeness (QED) is 0.172. The van der Waals surface area contributed by atoms with Crippen LogP contribution < -0.4 is 0 Å². The summed E-state index contributed by atoms with van der Waals surface area (Å²) >= 11 is 0. The first-order valence-electron chi connectivity index (χ1n) is 13.7. The molecule has 0 saturated carbocycles. The van der Waals surface area contributed by atoms with Crippen LogP contribution in [0.15, 0.2) is 60.7 Å². The van der Waals surface area contributed by atoms with Crippen LogP contribution in [0.3, 0.4) is 0 Å². The SMILES string of the molecule is CC(C)(C)c1cc2[c-]c(c1)C(C)(C)c1[c-]c(cc(C(C)(C)C)c1)-c1cccc(n1)C(C)(C)c1cccc-2n1.[Pt+2]. The Labute approximate surface area is 250 Å². The zero-order valence-electron chi connectivity index (χ0n) is 25.0. The second kappa shape index (κ2) is 9.81. The summed E-state index contributed by atoms with van der Waals surface area (Å²) in [6.45, 7) is 22.7. The van der Waals surface area contributed by atoms with E-state index in [9.17, 15) is 0 Å². The third kappa shape index (κ3) is 5.42. The molecule has 0 unspecified atom stereocenters. The van der Waals surface area contributed by atoms with Gasteiger partial charge in [0.2, 0.25) is 0 Å². The molecular formula is C36H40N2Pt. The van der Waals surface area contributed by atoms with E-state index in [0.717, 1.165) is 45.0 Å². The first-order chi connectivity index (χ1) is 17.6. The summed E-state index contributed by atoms with van der Waals surface area (Å²) in [6.07, 6.45) is 0. The maximum atomic E-state index is 5.21. The summed E-state index contributed by atoms with van der Waals surface area (Å²) in [5, 5.41) is 0. The van der Waals surface area contributed by atoms with Crippen LogP contribution in [-0.2, 0) is 42.7 Å². The molecule has 4 aromatic rings. The molecule has 3 heteroatoms. The van der Waals surface area contributed by atoms with Gasteiger partial charge in [-0.1, -0.05) is 79.7 Å². The van der Waals surface area contributed by atoms with Crippen molar-refractivity contribution in [3.05, 3.63) is 106 Å². The van der Waals surface area contributed by atoms with Gasteiger partial charge in [0.25, 0.3) is 0 Å². The first-order valence-corrected chi connectivity index (χ1v) is 13.7. The van der Waals surface area contributed by atoms with Crippen molar-refractivity contribution >= 4 is 0 Å². The molecule has 2 nitrogen and oxygen atoms in total. The summed E-state index contributed by atoms with van der Waals surface area (Å²) in [5.41, 5.74) is 10.1. The molecule has 3 heterocycles. The molecular weight excluding hydrogens is 655 g/mol. The van der Waals surface area contributed by atoms with Crippen LogP contribution in [-0.4, -0.2) is 9.97 Å². The Kier molecular flexibility index (Phi) is 7.40. The fourth-order valence-corrected chi connectivity index (χ4v) is 5.10. The van der Waals surface area contributed by atoms with Crippen LogP contribution in [0.4, 0.5) is 0 Å². The van der Waals surface area contributed by atoms with Gasteiger partial charge >= 0.3 is 21.1 Å². The third-order valence-corrected chi connectivity index (χ3v) is 8.15. The maximum Gasteiger partial charge on any atom is 2.00 e. The van der Waals surface area contributed by atoms with Gasteiger partial charge in [0, 0.05) is 16.8 Å². The number of rotatable bonds is 0. The van der Waals surface area contributed by atoms with Crippen molar-refractivity contribution in [2.24, 2.45) is 0 Å². The van der Waals surface area contributed by atoms with Crippen molar-refractivity contribution < 1.29 is 21.1 Å². The zero-order valence-corrected chi connectivity index (χ0v) is 27.3. The molecule has 39 heavy (non-hydrogen) atoms. The molecule has 0 saturated heterocycles. The Morgan fingerprint density at radius 2 is 0.949 bits per heavy atom. The molecule has 204 valence electrons. The van der Waals surface area contributed by atoms with Gasteiger partial charge < -0.3 is 9.97 Å². The standard InChI is InChI=1S/C36H40N2.Pt/c1-33(2,3)25-17-23-19-27(21-25)35(7,8)28-20-24(18-26(22-28)34(4,5)6)30-14-12-16-32(38-30)36(9,10)31-15-11-13-29(23)37-31;/h11-18,21-22H,1-10H3;/q-2;+2. The van der Waals surface area contributed by atoms with E-state index in [2.05, 4.69) is 142 Å². The Morgan fingerprint density at radius 1 is 0.564 bits per heavy atom. The van der Waals surface area contributed by atoms with Crippen molar-refractivity contribution in [2.75, 3.05) is 0 Å². The second-order valence-corrected chi connectivity index (χ2v) is 14.0. The molecule has 2 aromatic carbocycles. The Balaban J connectivity index is 0.00000353. The molecule has 5 rings (SSSR count). The Hall–Kier alpha value is -2.57. The predicted molar refractivity (Wildman–Crippen MR) is 159 cm³/mol. The largest absolute Gasteiger partial charge is 2.00 e. The van der Waals surface area contributed by atoms with Gasteiger partial charge in [-0.3, -0.25) is 0 Å². The molecule has 0 spiro atoms. The van der Waals surface area contributed by atoms with Gasteiger partial charge in [0.1, 0.15) is 0 Å². The van der Waals surface area contributed by atoms with Crippen LogP contribution in [0.5, 0.6) is 0 Å². The molecule has 1 aliphatic heterocycles. The molecule has 0 fully saturated rings. The zero-order chi connectivity index (χ0) is 27.7. The van der Waals surface area contributed by atoms with Crippen LogP contribution >= 0.6 is 0 Å². The molecule has 0 amide bonds. The summed E-state index contributed by atoms with van der Waals surface area (Å²) < 4.78 is 0. The van der Waals surface area contributed by atoms with Crippen molar-refractivity contribution in [3.8, 4) is 22.5 Å². The summed E-state index contributed by atoms with van der Waals surface area (Å²) in [7, 11) is 0. The van der Waals surface area contributed by atoms with E-state index in [4.69, 9.17) is 9.97 Å². The van der Waals surface area contributed by atoms with E-state index < -0.39 is 0 Å². The van der Waals surface area contributed by atoms with E-state index in [-0.39, 0.29) is 42.7 Å². The minimum atomic E-state index is -0.371. The number of hydrogen-bond donors (Lipinski definition) is 0. The fourth-order valence-electron chi connectivity index (χ4n) is 5.10. The number of fused-ring (bicyclic) bond motifs is 10. The summed E-state index contributed by atoms with van der Waals surface area (Å²) in [4.78, 5) is 10.4. The second-order valence-electron chi connectivity index (χ2n) is 14.0. The van der Waals surface area contributed by atoms with Crippen LogP contribution in [0.2, 0.25) is 0 Å². The van der Waals surface area contributed by atoms with Gasteiger partial charge in [-0.2, -0.15) is 0 Å². The molecule has 0 radical (unpaired) electrons. The Morgan fingerprint density at radius 3 is 1.31 bits per heavy atom. The average molecular weight is 696 g/mol. The van der Waals surface area contributed by atoms with E-state index in [0.29, 0.717) is 0 Å². The summed E-state index contributed by atoms with van der Waals surface area (Å²) in [5.74, 6) is 0. The smallest absolute Gasteiger partial charge is 0.300 e. The average Bonchev–Trinajstić information content (AvgIpc) is 2.87. The van der Waals surface area contributed by atoms with Crippen molar-refractivity contribution in [2.45, 2.75) is 90.9 Å². The van der Waals surface area contributed by atoms with Gasteiger partial charge in [-0.25, -0.2) is 0 Å². The predicted octanol–water partition coefficient (Wildman–Crippen LogP) is 8.97. The number of nitrogens with zero attached hydrogens (tertiary/aromatic N) is 2. The van der Waals surface area contributed by atoms with Crippen molar-refractivity contribution in [1.82, 2.24) is 9.97 Å². The van der Waals surface area contributed by atoms with Gasteiger partial charge in [-0.05, 0) is 53.6 Å². The minimum absolute atomic E-state index is 0. The fraction of sp³-hybridized carbons (Fsp3) is 0.389. The third-order valence-electron chi connectivity index (χ3n) is 8.15. The monoisotopic (exact) mass is 695 g/mol. The number of benzene rings is 2. The van der Waals surface area contributed by atoms with Crippen LogP contribution in [0.1, 0.15) is 103 Å². The van der Waals surface area contributed by atoms with Gasteiger partial charge in [0.15, 0.2) is 0 Å². The normalized spacial score (nSPS) is 15.6. The molecule has 0 atom stereocenters. The molecule has 1 aliphatic rings. The van der Waals surface area contributed by atoms with E-state index >= 15 is 0 Å². The van der Waals surface area contributed by atoms with Crippen molar-refractivity contribution in [3.63, 3.8) is 0 Å². The first kappa shape index (κ1) is 29.4. The summed E-state index contributed by atoms with van der Waals surface area (Å²) in [6, 6.07) is 29.5. The van der Waals surface area contributed by atoms with Crippen molar-refractivity contribution in [1.29, 1.82) is 0 Å². The number of hydrogen-bond acceptors (Lipinski definition) is 2. The van der Waals surface area contributed by atoms with E-state index in [1.165, 1.54) is 11.1 Å². The van der Waals surface area contributed by atoms with E-state index in [1.54, 1.807) is 0 Å². The van der Waals surface area contributed by atoms with Gasteiger partial charge in [-0.15, -0.1) is 69.8 Å².